The molecule has 0 spiro atoms. The molecular formula is C68H108N6O22. The number of fused-ring (bicyclic) bond motifs is 2. The molecule has 3 saturated heterocycles. The minimum absolute atomic E-state index is 0.0100. The number of carbonyl (C=O) groups is 7. The van der Waals surface area contributed by atoms with Crippen LogP contribution in [0.1, 0.15) is 131 Å². The minimum Gasteiger partial charge on any atom is -0.480 e. The molecule has 0 aromatic heterocycles. The van der Waals surface area contributed by atoms with Gasteiger partial charge in [-0.05, 0) is 72.6 Å². The number of aliphatic hydroxyl groups excluding tert-OH is 8. The Balaban J connectivity index is 1.44. The van der Waals surface area contributed by atoms with Crippen LogP contribution in [0, 0.1) is 17.8 Å². The number of rotatable bonds is 20. The molecule has 96 heavy (non-hydrogen) atoms. The lowest BCUT2D eigenvalue weighted by atomic mass is 9.82. The Morgan fingerprint density at radius 1 is 0.667 bits per heavy atom. The van der Waals surface area contributed by atoms with Gasteiger partial charge in [0.05, 0.1) is 99.2 Å². The van der Waals surface area contributed by atoms with Gasteiger partial charge in [0.15, 0.2) is 12.1 Å². The topological polar surface area (TPSA) is 437 Å². The van der Waals surface area contributed by atoms with Crippen LogP contribution < -0.4 is 21.7 Å². The summed E-state index contributed by atoms with van der Waals surface area (Å²) >= 11 is 0. The van der Waals surface area contributed by atoms with Crippen LogP contribution in [0.2, 0.25) is 0 Å². The van der Waals surface area contributed by atoms with E-state index in [1.807, 2.05) is 37.3 Å². The maximum Gasteiger partial charge on any atom is 0.326 e. The number of nitrogens with two attached hydrogens (primary N) is 1. The molecule has 4 aliphatic rings. The smallest absolute Gasteiger partial charge is 0.326 e. The van der Waals surface area contributed by atoms with E-state index in [1.54, 1.807) is 89.3 Å². The molecule has 542 valence electrons. The average Bonchev–Trinajstić information content (AvgIpc) is 0.905. The number of ether oxygens (including phenoxy) is 5. The number of hydrogen-bond acceptors (Lipinski definition) is 22. The molecule has 3 fully saturated rings. The molecule has 0 aromatic rings. The third-order valence-corrected chi connectivity index (χ3v) is 17.5. The van der Waals surface area contributed by atoms with Crippen molar-refractivity contribution >= 4 is 41.5 Å². The van der Waals surface area contributed by atoms with Gasteiger partial charge in [-0.2, -0.15) is 0 Å². The monoisotopic (exact) mass is 1360 g/mol. The van der Waals surface area contributed by atoms with Gasteiger partial charge >= 0.3 is 11.9 Å². The number of hydrogen-bond donors (Lipinski definition) is 14. The molecule has 28 nitrogen and oxygen atoms in total. The van der Waals surface area contributed by atoms with Gasteiger partial charge in [0.1, 0.15) is 18.2 Å². The van der Waals surface area contributed by atoms with E-state index < -0.39 is 189 Å². The lowest BCUT2D eigenvalue weighted by Gasteiger charge is -2.45. The predicted molar refractivity (Wildman–Crippen MR) is 351 cm³/mol. The first-order valence-corrected chi connectivity index (χ1v) is 33.5. The highest BCUT2D eigenvalue weighted by Crippen LogP contribution is 2.38. The molecule has 2 bridgehead atoms. The van der Waals surface area contributed by atoms with Crippen LogP contribution in [0.15, 0.2) is 85.1 Å². The number of carboxylic acids is 1. The summed E-state index contributed by atoms with van der Waals surface area (Å²) in [6.45, 7) is 9.98. The maximum absolute atomic E-state index is 14.2. The molecule has 4 aliphatic heterocycles. The van der Waals surface area contributed by atoms with Crippen molar-refractivity contribution < 1.29 is 108 Å². The van der Waals surface area contributed by atoms with Crippen molar-refractivity contribution in [3.63, 3.8) is 0 Å². The lowest BCUT2D eigenvalue weighted by molar-refractivity contribution is -0.301. The fraction of sp³-hybridized carbons (Fsp3) is 0.691. The van der Waals surface area contributed by atoms with E-state index in [2.05, 4.69) is 16.0 Å². The molecule has 28 heteroatoms. The third-order valence-electron chi connectivity index (χ3n) is 17.5. The molecule has 20 atom stereocenters. The van der Waals surface area contributed by atoms with Gasteiger partial charge < -0.3 is 106 Å². The van der Waals surface area contributed by atoms with E-state index >= 15 is 0 Å². The van der Waals surface area contributed by atoms with Crippen molar-refractivity contribution in [1.29, 1.82) is 0 Å². The summed E-state index contributed by atoms with van der Waals surface area (Å²) in [5.41, 5.74) is 5.94. The number of nitrogens with one attached hydrogen (secondary N) is 3. The summed E-state index contributed by atoms with van der Waals surface area (Å²) < 4.78 is 29.8. The second kappa shape index (κ2) is 42.7. The van der Waals surface area contributed by atoms with Crippen LogP contribution in [0.3, 0.4) is 0 Å². The van der Waals surface area contributed by atoms with Crippen molar-refractivity contribution in [2.75, 3.05) is 45.9 Å². The highest BCUT2D eigenvalue weighted by molar-refractivity contribution is 5.93. The van der Waals surface area contributed by atoms with Gasteiger partial charge in [-0.25, -0.2) is 4.79 Å². The fourth-order valence-electron chi connectivity index (χ4n) is 11.9. The number of likely N-dealkylation sites (tertiary alicyclic amines) is 2. The molecule has 4 rings (SSSR count). The van der Waals surface area contributed by atoms with Gasteiger partial charge in [0, 0.05) is 82.6 Å². The number of aliphatic carboxylic acids is 1. The Bertz CT molecular complexity index is 2650. The van der Waals surface area contributed by atoms with Crippen LogP contribution in [-0.2, 0) is 57.2 Å². The number of nitrogens with zero attached hydrogens (tertiary/aromatic N) is 2. The van der Waals surface area contributed by atoms with Crippen LogP contribution in [-0.4, -0.2) is 252 Å². The Morgan fingerprint density at radius 2 is 1.25 bits per heavy atom. The highest BCUT2D eigenvalue weighted by atomic mass is 16.7. The van der Waals surface area contributed by atoms with Crippen LogP contribution in [0.5, 0.6) is 0 Å². The van der Waals surface area contributed by atoms with Gasteiger partial charge in [0.2, 0.25) is 29.5 Å². The number of aliphatic hydroxyl groups is 9. The number of carbonyl (C=O) groups excluding carboxylic acids is 6. The van der Waals surface area contributed by atoms with Gasteiger partial charge in [0.25, 0.3) is 0 Å². The van der Waals surface area contributed by atoms with Crippen LogP contribution >= 0.6 is 0 Å². The Labute approximate surface area is 562 Å². The molecule has 0 saturated carbocycles. The normalized spacial score (nSPS) is 34.1. The maximum atomic E-state index is 14.2. The fourth-order valence-corrected chi connectivity index (χ4v) is 11.9. The predicted octanol–water partition coefficient (Wildman–Crippen LogP) is 0.504. The zero-order valence-corrected chi connectivity index (χ0v) is 56.2. The first-order valence-electron chi connectivity index (χ1n) is 33.5. The van der Waals surface area contributed by atoms with E-state index in [1.165, 1.54) is 9.80 Å². The lowest BCUT2D eigenvalue weighted by Crippen LogP contribution is -2.58. The largest absolute Gasteiger partial charge is 0.480 e. The Hall–Kier alpha value is -6.09. The average molecular weight is 1360 g/mol. The zero-order chi connectivity index (χ0) is 71.1. The number of allylic oxidation sites excluding steroid dienone is 12. The Morgan fingerprint density at radius 3 is 1.86 bits per heavy atom. The van der Waals surface area contributed by atoms with Crippen molar-refractivity contribution in [3.05, 3.63) is 85.1 Å². The molecular weight excluding hydrogens is 1250 g/mol. The van der Waals surface area contributed by atoms with Crippen molar-refractivity contribution in [2.24, 2.45) is 23.5 Å². The number of esters is 1. The van der Waals surface area contributed by atoms with Gasteiger partial charge in [-0.1, -0.05) is 98.9 Å². The summed E-state index contributed by atoms with van der Waals surface area (Å²) in [4.78, 5) is 92.8. The van der Waals surface area contributed by atoms with E-state index in [0.717, 1.165) is 0 Å². The highest BCUT2D eigenvalue weighted by Gasteiger charge is 2.50. The van der Waals surface area contributed by atoms with Gasteiger partial charge in [-0.15, -0.1) is 0 Å². The van der Waals surface area contributed by atoms with Crippen molar-refractivity contribution in [2.45, 2.75) is 235 Å². The Kier molecular flexibility index (Phi) is 36.6. The summed E-state index contributed by atoms with van der Waals surface area (Å²) in [5.74, 6) is -9.06. The number of carboxylic acid groups (broad SMARTS) is 1. The molecule has 5 amide bonds. The quantitative estimate of drug-likeness (QED) is 0.0448. The van der Waals surface area contributed by atoms with Crippen LogP contribution in [0.4, 0.5) is 0 Å². The first kappa shape index (κ1) is 82.3. The first-order chi connectivity index (χ1) is 45.5. The second-order valence-corrected chi connectivity index (χ2v) is 25.5. The zero-order valence-electron chi connectivity index (χ0n) is 56.2. The SMILES string of the molecule is CC(N)C(O)C(C)O[C@H](C)O[C@H]1/C=C/C=C/C=C/C=C/C=C/C=C/C=C/[C@H](C)[C@@H](O)[C@@H](C)[C@H](C)OC(=O)C[C@H](O)C[C@H](O)CC[C@@H](O)[C@H](O)C[C@H](O)C[C@]2(O)C[C@H](O)[C@@H](C(=O)NCCOCCNC(=O)CCC(=O)N3CCC[C@H]3C(=O)NCC(=O)N3CCC[C@H]3C(=O)O)[C@H](C1)O2. The van der Waals surface area contributed by atoms with Crippen molar-refractivity contribution in [3.8, 4) is 0 Å². The number of amides is 5. The number of cyclic esters (lactones) is 1. The second-order valence-electron chi connectivity index (χ2n) is 25.5. The molecule has 0 aliphatic carbocycles. The van der Waals surface area contributed by atoms with E-state index in [0.29, 0.717) is 25.7 Å². The van der Waals surface area contributed by atoms with Crippen molar-refractivity contribution in [1.82, 2.24) is 25.8 Å². The summed E-state index contributed by atoms with van der Waals surface area (Å²) in [5, 5.41) is 117. The molecule has 0 radical (unpaired) electrons. The van der Waals surface area contributed by atoms with Gasteiger partial charge in [-0.3, -0.25) is 28.8 Å². The third kappa shape index (κ3) is 29.2. The minimum atomic E-state index is -2.34. The van der Waals surface area contributed by atoms with E-state index in [9.17, 15) is 84.6 Å². The summed E-state index contributed by atoms with van der Waals surface area (Å²) in [6.07, 6.45) is 7.34. The summed E-state index contributed by atoms with van der Waals surface area (Å²) in [7, 11) is 0. The molecule has 0 aromatic carbocycles. The standard InChI is InChI=1S/C68H108N6O22/c1-42-21-17-15-13-11-9-7-8-10-12-14-16-18-22-51(95-47(6)93-46(5)64(86)44(3)69)38-57-62(56(80)40-68(91,96-57)39-50(77)36-55(79)54(78)26-25-48(75)35-49(76)37-61(84)94-45(4)43(2)63(42)85)66(88)71-30-34-92-33-29-70-58(81)27-28-59(82)73-31-19-23-52(73)65(87)72-41-60(83)74-32-20-24-53(74)67(89)90/h7-18,21-22,42-57,62-64,75-80,85-86,91H,19-20,23-41,69H2,1-6H3,(H,70,81)(H,71,88)(H,72,87)(H,89,90)/b8-7+,11-9+,12-10+,15-13+,16-14+,21-17+,22-18+/t42-,43-,44?,45-,46?,47-,48+,49+,50-,51-,52-,53-,54+,55+,56-,57-,62+,63+,64?,68+/m0/s1. The molecule has 3 unspecified atom stereocenters. The van der Waals surface area contributed by atoms with E-state index in [4.69, 9.17) is 29.4 Å². The van der Waals surface area contributed by atoms with Crippen LogP contribution in [0.25, 0.3) is 0 Å². The van der Waals surface area contributed by atoms with E-state index in [-0.39, 0.29) is 83.8 Å². The molecule has 4 heterocycles. The summed E-state index contributed by atoms with van der Waals surface area (Å²) in [6, 6.07) is -2.46. The molecule has 15 N–H and O–H groups in total.